The van der Waals surface area contributed by atoms with Crippen LogP contribution in [-0.4, -0.2) is 30.8 Å². The Morgan fingerprint density at radius 1 is 1.15 bits per heavy atom. The van der Waals surface area contributed by atoms with Gasteiger partial charge in [-0.15, -0.1) is 0 Å². The summed E-state index contributed by atoms with van der Waals surface area (Å²) in [7, 11) is 1.43. The third kappa shape index (κ3) is 5.98. The molecule has 0 aromatic heterocycles. The molecule has 136 valence electrons. The number of carboxylic acid groups (broad SMARTS) is 1. The first-order chi connectivity index (χ1) is 12.6. The predicted octanol–water partition coefficient (Wildman–Crippen LogP) is 3.72. The molecule has 2 aromatic carbocycles. The number of aromatic carboxylic acids is 1. The Hall–Kier alpha value is -3.28. The van der Waals surface area contributed by atoms with Crippen LogP contribution in [0.15, 0.2) is 54.6 Å². The molecular weight excluding hydrogens is 334 g/mol. The highest BCUT2D eigenvalue weighted by atomic mass is 16.5. The number of benzene rings is 2. The van der Waals surface area contributed by atoms with Crippen molar-refractivity contribution in [1.82, 2.24) is 5.32 Å². The molecular formula is C20H21NO5. The maximum atomic E-state index is 11.6. The summed E-state index contributed by atoms with van der Waals surface area (Å²) in [6.07, 6.45) is 3.77. The largest absolute Gasteiger partial charge is 0.496 e. The summed E-state index contributed by atoms with van der Waals surface area (Å²) in [5.41, 5.74) is 1.78. The van der Waals surface area contributed by atoms with Gasteiger partial charge in [-0.1, -0.05) is 48.6 Å². The second kappa shape index (κ2) is 9.88. The maximum Gasteiger partial charge on any atom is 0.407 e. The summed E-state index contributed by atoms with van der Waals surface area (Å²) in [4.78, 5) is 22.8. The van der Waals surface area contributed by atoms with Crippen molar-refractivity contribution in [2.75, 3.05) is 13.7 Å². The molecule has 26 heavy (non-hydrogen) atoms. The van der Waals surface area contributed by atoms with Crippen molar-refractivity contribution >= 4 is 18.1 Å². The van der Waals surface area contributed by atoms with Gasteiger partial charge in [-0.25, -0.2) is 9.59 Å². The van der Waals surface area contributed by atoms with Gasteiger partial charge in [0.2, 0.25) is 0 Å². The molecule has 0 radical (unpaired) electrons. The van der Waals surface area contributed by atoms with Gasteiger partial charge in [0.1, 0.15) is 17.9 Å². The number of carboxylic acids is 1. The number of rotatable bonds is 8. The van der Waals surface area contributed by atoms with Gasteiger partial charge in [0.05, 0.1) is 7.11 Å². The lowest BCUT2D eigenvalue weighted by Crippen LogP contribution is -2.24. The molecule has 0 saturated heterocycles. The van der Waals surface area contributed by atoms with E-state index in [1.807, 2.05) is 36.4 Å². The minimum absolute atomic E-state index is 0.109. The fourth-order valence-corrected chi connectivity index (χ4v) is 2.25. The van der Waals surface area contributed by atoms with Gasteiger partial charge in [0.15, 0.2) is 0 Å². The maximum absolute atomic E-state index is 11.6. The molecule has 2 rings (SSSR count). The van der Waals surface area contributed by atoms with Gasteiger partial charge in [-0.3, -0.25) is 0 Å². The molecule has 0 spiro atoms. The predicted molar refractivity (Wildman–Crippen MR) is 98.2 cm³/mol. The van der Waals surface area contributed by atoms with Crippen LogP contribution in [0.2, 0.25) is 0 Å². The van der Waals surface area contributed by atoms with Gasteiger partial charge >= 0.3 is 12.1 Å². The van der Waals surface area contributed by atoms with Crippen LogP contribution in [0, 0.1) is 0 Å². The number of amides is 1. The van der Waals surface area contributed by atoms with Crippen molar-refractivity contribution in [3.05, 3.63) is 71.3 Å². The van der Waals surface area contributed by atoms with Crippen LogP contribution in [0.3, 0.4) is 0 Å². The molecule has 0 aliphatic rings. The molecule has 0 saturated carbocycles. The Morgan fingerprint density at radius 2 is 1.92 bits per heavy atom. The molecule has 1 amide bonds. The number of nitrogens with one attached hydrogen (secondary N) is 1. The Kier molecular flexibility index (Phi) is 7.24. The van der Waals surface area contributed by atoms with Crippen LogP contribution >= 0.6 is 0 Å². The Labute approximate surface area is 152 Å². The first-order valence-corrected chi connectivity index (χ1v) is 8.12. The normalized spacial score (nSPS) is 10.5. The molecule has 0 bridgehead atoms. The lowest BCUT2D eigenvalue weighted by atomic mass is 10.1. The van der Waals surface area contributed by atoms with E-state index in [0.717, 1.165) is 11.1 Å². The van der Waals surface area contributed by atoms with E-state index in [0.29, 0.717) is 18.7 Å². The van der Waals surface area contributed by atoms with Gasteiger partial charge in [-0.05, 0) is 29.7 Å². The second-order valence-corrected chi connectivity index (χ2v) is 5.44. The average Bonchev–Trinajstić information content (AvgIpc) is 2.66. The summed E-state index contributed by atoms with van der Waals surface area (Å²) >= 11 is 0. The SMILES string of the molecule is COc1ccc(C=CCCNC(=O)OCc2ccccc2)cc1C(=O)O. The van der Waals surface area contributed by atoms with Gasteiger partial charge in [-0.2, -0.15) is 0 Å². The monoisotopic (exact) mass is 355 g/mol. The zero-order chi connectivity index (χ0) is 18.8. The number of ether oxygens (including phenoxy) is 2. The van der Waals surface area contributed by atoms with Crippen molar-refractivity contribution in [2.24, 2.45) is 0 Å². The summed E-state index contributed by atoms with van der Waals surface area (Å²) in [5, 5.41) is 11.8. The van der Waals surface area contributed by atoms with Crippen LogP contribution in [0.4, 0.5) is 4.79 Å². The Morgan fingerprint density at radius 3 is 2.62 bits per heavy atom. The van der Waals surface area contributed by atoms with E-state index in [1.54, 1.807) is 24.3 Å². The summed E-state index contributed by atoms with van der Waals surface area (Å²) in [5.74, 6) is -0.725. The lowest BCUT2D eigenvalue weighted by molar-refractivity contribution is 0.0693. The number of methoxy groups -OCH3 is 1. The molecule has 2 aromatic rings. The zero-order valence-electron chi connectivity index (χ0n) is 14.5. The van der Waals surface area contributed by atoms with Crippen LogP contribution in [-0.2, 0) is 11.3 Å². The van der Waals surface area contributed by atoms with E-state index in [4.69, 9.17) is 14.6 Å². The first kappa shape index (κ1) is 19.1. The highest BCUT2D eigenvalue weighted by molar-refractivity contribution is 5.91. The van der Waals surface area contributed by atoms with Crippen molar-refractivity contribution in [3.63, 3.8) is 0 Å². The average molecular weight is 355 g/mol. The third-order valence-electron chi connectivity index (χ3n) is 3.56. The number of alkyl carbamates (subject to hydrolysis) is 1. The summed E-state index contributed by atoms with van der Waals surface area (Å²) in [6.45, 7) is 0.651. The van der Waals surface area contributed by atoms with Gasteiger partial charge in [0, 0.05) is 6.54 Å². The highest BCUT2D eigenvalue weighted by Gasteiger charge is 2.10. The number of hydrogen-bond donors (Lipinski definition) is 2. The van der Waals surface area contributed by atoms with E-state index >= 15 is 0 Å². The number of carbonyl (C=O) groups is 2. The molecule has 0 aliphatic carbocycles. The molecule has 6 nitrogen and oxygen atoms in total. The van der Waals surface area contributed by atoms with Crippen molar-refractivity contribution in [3.8, 4) is 5.75 Å². The van der Waals surface area contributed by atoms with Gasteiger partial charge < -0.3 is 19.9 Å². The molecule has 2 N–H and O–H groups in total. The quantitative estimate of drug-likeness (QED) is 0.705. The molecule has 0 unspecified atom stereocenters. The van der Waals surface area contributed by atoms with E-state index in [-0.39, 0.29) is 12.2 Å². The molecule has 0 aliphatic heterocycles. The topological polar surface area (TPSA) is 84.9 Å². The van der Waals surface area contributed by atoms with Crippen LogP contribution in [0.25, 0.3) is 6.08 Å². The van der Waals surface area contributed by atoms with Crippen molar-refractivity contribution in [1.29, 1.82) is 0 Å². The fraction of sp³-hybridized carbons (Fsp3) is 0.200. The van der Waals surface area contributed by atoms with E-state index < -0.39 is 12.1 Å². The Balaban J connectivity index is 1.74. The van der Waals surface area contributed by atoms with E-state index in [2.05, 4.69) is 5.32 Å². The second-order valence-electron chi connectivity index (χ2n) is 5.44. The minimum atomic E-state index is -1.04. The van der Waals surface area contributed by atoms with Crippen molar-refractivity contribution in [2.45, 2.75) is 13.0 Å². The first-order valence-electron chi connectivity index (χ1n) is 8.12. The van der Waals surface area contributed by atoms with Crippen LogP contribution < -0.4 is 10.1 Å². The van der Waals surface area contributed by atoms with Crippen LogP contribution in [0.5, 0.6) is 5.75 Å². The zero-order valence-corrected chi connectivity index (χ0v) is 14.5. The minimum Gasteiger partial charge on any atom is -0.496 e. The number of hydrogen-bond acceptors (Lipinski definition) is 4. The summed E-state index contributed by atoms with van der Waals surface area (Å²) in [6, 6.07) is 14.4. The molecule has 0 atom stereocenters. The van der Waals surface area contributed by atoms with Gasteiger partial charge in [0.25, 0.3) is 0 Å². The highest BCUT2D eigenvalue weighted by Crippen LogP contribution is 2.20. The molecule has 0 fully saturated rings. The lowest BCUT2D eigenvalue weighted by Gasteiger charge is -2.06. The Bertz CT molecular complexity index is 771. The molecule has 6 heteroatoms. The standard InChI is InChI=1S/C20H21NO5/c1-25-18-11-10-15(13-17(18)19(22)23)7-5-6-12-21-20(24)26-14-16-8-3-2-4-9-16/h2-5,7-11,13H,6,12,14H2,1H3,(H,21,24)(H,22,23). The number of carbonyl (C=O) groups excluding carboxylic acids is 1. The van der Waals surface area contributed by atoms with E-state index in [9.17, 15) is 9.59 Å². The van der Waals surface area contributed by atoms with E-state index in [1.165, 1.54) is 7.11 Å². The van der Waals surface area contributed by atoms with Crippen molar-refractivity contribution < 1.29 is 24.2 Å². The molecule has 0 heterocycles. The smallest absolute Gasteiger partial charge is 0.407 e. The third-order valence-corrected chi connectivity index (χ3v) is 3.56. The summed E-state index contributed by atoms with van der Waals surface area (Å²) < 4.78 is 10.1. The van der Waals surface area contributed by atoms with Crippen LogP contribution in [0.1, 0.15) is 27.9 Å². The fourth-order valence-electron chi connectivity index (χ4n) is 2.25.